The van der Waals surface area contributed by atoms with Gasteiger partial charge in [0.2, 0.25) is 0 Å². The molecule has 0 unspecified atom stereocenters. The van der Waals surface area contributed by atoms with Crippen molar-refractivity contribution in [1.29, 1.82) is 5.26 Å². The third-order valence-corrected chi connectivity index (χ3v) is 2.38. The minimum absolute atomic E-state index is 0.217. The molecule has 0 radical (unpaired) electrons. The average Bonchev–Trinajstić information content (AvgIpc) is 2.42. The minimum atomic E-state index is -0.745. The van der Waals surface area contributed by atoms with Gasteiger partial charge in [-0.2, -0.15) is 10.7 Å². The molecule has 1 rings (SSSR count). The van der Waals surface area contributed by atoms with Gasteiger partial charge in [0.1, 0.15) is 23.6 Å². The summed E-state index contributed by atoms with van der Waals surface area (Å²) in [6.07, 6.45) is -0.654. The summed E-state index contributed by atoms with van der Waals surface area (Å²) in [7, 11) is 0. The average molecular weight is 306 g/mol. The maximum absolute atomic E-state index is 11.5. The van der Waals surface area contributed by atoms with Crippen molar-refractivity contribution in [3.05, 3.63) is 29.8 Å². The van der Waals surface area contributed by atoms with Crippen LogP contribution in [0.2, 0.25) is 0 Å². The summed E-state index contributed by atoms with van der Waals surface area (Å²) in [6, 6.07) is 8.78. The fourth-order valence-corrected chi connectivity index (χ4v) is 1.39. The number of hydrogen-bond donors (Lipinski definition) is 1. The molecular formula is C16H22N2O4. The third kappa shape index (κ3) is 6.95. The maximum atomic E-state index is 11.5. The van der Waals surface area contributed by atoms with E-state index in [0.717, 1.165) is 0 Å². The Balaban J connectivity index is 2.43. The van der Waals surface area contributed by atoms with E-state index in [0.29, 0.717) is 11.3 Å². The van der Waals surface area contributed by atoms with E-state index >= 15 is 0 Å². The predicted octanol–water partition coefficient (Wildman–Crippen LogP) is 3.17. The lowest BCUT2D eigenvalue weighted by atomic mass is 10.1. The summed E-state index contributed by atoms with van der Waals surface area (Å²) in [6.45, 7) is 9.07. The molecule has 0 atom stereocenters. The zero-order chi connectivity index (χ0) is 16.8. The van der Waals surface area contributed by atoms with Gasteiger partial charge in [0.25, 0.3) is 0 Å². The molecule has 120 valence electrons. The molecule has 22 heavy (non-hydrogen) atoms. The van der Waals surface area contributed by atoms with E-state index in [2.05, 4.69) is 5.48 Å². The van der Waals surface area contributed by atoms with Crippen LogP contribution >= 0.6 is 0 Å². The number of hydroxylamine groups is 1. The first-order valence-corrected chi connectivity index (χ1v) is 6.91. The Morgan fingerprint density at radius 1 is 1.18 bits per heavy atom. The topological polar surface area (TPSA) is 80.6 Å². The first-order valence-electron chi connectivity index (χ1n) is 6.91. The molecule has 6 heteroatoms. The van der Waals surface area contributed by atoms with Gasteiger partial charge >= 0.3 is 6.09 Å². The largest absolute Gasteiger partial charge is 0.491 e. The van der Waals surface area contributed by atoms with E-state index in [1.54, 1.807) is 58.9 Å². The number of carbonyl (C=O) groups excluding carboxylic acids is 1. The van der Waals surface area contributed by atoms with Crippen molar-refractivity contribution < 1.29 is 19.1 Å². The van der Waals surface area contributed by atoms with Crippen LogP contribution < -0.4 is 10.2 Å². The third-order valence-electron chi connectivity index (χ3n) is 2.38. The standard InChI is InChI=1S/C16H22N2O4/c1-15(2,3)21-14(19)18-22-16(4,5)11-20-13-8-6-12(10-17)7-9-13/h6-9H,11H2,1-5H3,(H,18,19). The number of hydrogen-bond acceptors (Lipinski definition) is 5. The Hall–Kier alpha value is -2.26. The normalized spacial score (nSPS) is 11.5. The summed E-state index contributed by atoms with van der Waals surface area (Å²) in [5, 5.41) is 8.73. The van der Waals surface area contributed by atoms with Crippen LogP contribution in [0.25, 0.3) is 0 Å². The zero-order valence-corrected chi connectivity index (χ0v) is 13.6. The Kier molecular flexibility index (Phi) is 5.77. The number of amides is 1. The number of nitrogens with zero attached hydrogens (tertiary/aromatic N) is 1. The molecule has 0 fully saturated rings. The highest BCUT2D eigenvalue weighted by Crippen LogP contribution is 2.16. The molecular weight excluding hydrogens is 284 g/mol. The molecule has 0 aromatic heterocycles. The molecule has 1 aromatic carbocycles. The molecule has 0 heterocycles. The Bertz CT molecular complexity index is 539. The lowest BCUT2D eigenvalue weighted by Gasteiger charge is -2.26. The predicted molar refractivity (Wildman–Crippen MR) is 81.2 cm³/mol. The van der Waals surface area contributed by atoms with Crippen LogP contribution in [-0.4, -0.2) is 23.9 Å². The van der Waals surface area contributed by atoms with Gasteiger partial charge in [0.05, 0.1) is 11.6 Å². The fraction of sp³-hybridized carbons (Fsp3) is 0.500. The number of nitrogens with one attached hydrogen (secondary N) is 1. The van der Waals surface area contributed by atoms with Gasteiger partial charge in [-0.1, -0.05) is 0 Å². The van der Waals surface area contributed by atoms with E-state index in [-0.39, 0.29) is 6.61 Å². The molecule has 1 aromatic rings. The fourth-order valence-electron chi connectivity index (χ4n) is 1.39. The van der Waals surface area contributed by atoms with Crippen LogP contribution in [0.5, 0.6) is 5.75 Å². The molecule has 0 saturated carbocycles. The van der Waals surface area contributed by atoms with E-state index < -0.39 is 17.3 Å². The molecule has 1 N–H and O–H groups in total. The first-order chi connectivity index (χ1) is 10.1. The van der Waals surface area contributed by atoms with Crippen molar-refractivity contribution >= 4 is 6.09 Å². The quantitative estimate of drug-likeness (QED) is 0.845. The lowest BCUT2D eigenvalue weighted by Crippen LogP contribution is -2.42. The van der Waals surface area contributed by atoms with Crippen LogP contribution in [0.4, 0.5) is 4.79 Å². The summed E-state index contributed by atoms with van der Waals surface area (Å²) < 4.78 is 10.7. The van der Waals surface area contributed by atoms with Crippen molar-refractivity contribution in [3.8, 4) is 11.8 Å². The van der Waals surface area contributed by atoms with Crippen molar-refractivity contribution in [1.82, 2.24) is 5.48 Å². The molecule has 0 saturated heterocycles. The molecule has 0 bridgehead atoms. The highest BCUT2D eigenvalue weighted by atomic mass is 16.7. The van der Waals surface area contributed by atoms with Gasteiger partial charge in [0, 0.05) is 0 Å². The van der Waals surface area contributed by atoms with E-state index in [9.17, 15) is 4.79 Å². The molecule has 0 aliphatic carbocycles. The molecule has 0 aliphatic heterocycles. The molecule has 6 nitrogen and oxygen atoms in total. The Labute approximate surface area is 130 Å². The van der Waals surface area contributed by atoms with Gasteiger partial charge in [-0.25, -0.2) is 4.79 Å². The van der Waals surface area contributed by atoms with Gasteiger partial charge < -0.3 is 9.47 Å². The Morgan fingerprint density at radius 3 is 2.27 bits per heavy atom. The second-order valence-corrected chi connectivity index (χ2v) is 6.39. The van der Waals surface area contributed by atoms with Crippen LogP contribution in [0.3, 0.4) is 0 Å². The minimum Gasteiger partial charge on any atom is -0.491 e. The SMILES string of the molecule is CC(C)(C)OC(=O)NOC(C)(C)COc1ccc(C#N)cc1. The monoisotopic (exact) mass is 306 g/mol. The summed E-state index contributed by atoms with van der Waals surface area (Å²) >= 11 is 0. The summed E-state index contributed by atoms with van der Waals surface area (Å²) in [4.78, 5) is 16.8. The van der Waals surface area contributed by atoms with Crippen molar-refractivity contribution in [2.24, 2.45) is 0 Å². The number of nitriles is 1. The summed E-state index contributed by atoms with van der Waals surface area (Å²) in [5.41, 5.74) is 1.48. The van der Waals surface area contributed by atoms with Gasteiger partial charge in [-0.15, -0.1) is 0 Å². The van der Waals surface area contributed by atoms with Crippen LogP contribution in [0.1, 0.15) is 40.2 Å². The maximum Gasteiger partial charge on any atom is 0.431 e. The van der Waals surface area contributed by atoms with E-state index in [1.165, 1.54) is 0 Å². The zero-order valence-electron chi connectivity index (χ0n) is 13.6. The second-order valence-electron chi connectivity index (χ2n) is 6.39. The highest BCUT2D eigenvalue weighted by molar-refractivity contribution is 5.66. The molecule has 1 amide bonds. The molecule has 0 spiro atoms. The van der Waals surface area contributed by atoms with Crippen molar-refractivity contribution in [3.63, 3.8) is 0 Å². The van der Waals surface area contributed by atoms with Gasteiger partial charge in [-0.3, -0.25) is 4.84 Å². The van der Waals surface area contributed by atoms with E-state index in [4.69, 9.17) is 19.6 Å². The van der Waals surface area contributed by atoms with Crippen LogP contribution in [0.15, 0.2) is 24.3 Å². The smallest absolute Gasteiger partial charge is 0.431 e. The van der Waals surface area contributed by atoms with Crippen LogP contribution in [-0.2, 0) is 9.57 Å². The number of benzene rings is 1. The first kappa shape index (κ1) is 17.8. The summed E-state index contributed by atoms with van der Waals surface area (Å²) in [5.74, 6) is 0.618. The van der Waals surface area contributed by atoms with Crippen LogP contribution in [0, 0.1) is 11.3 Å². The number of ether oxygens (including phenoxy) is 2. The second kappa shape index (κ2) is 7.14. The number of rotatable bonds is 5. The van der Waals surface area contributed by atoms with Gasteiger partial charge in [0.15, 0.2) is 0 Å². The Morgan fingerprint density at radius 2 is 1.77 bits per heavy atom. The van der Waals surface area contributed by atoms with Crippen molar-refractivity contribution in [2.45, 2.75) is 45.8 Å². The number of carbonyl (C=O) groups is 1. The molecule has 0 aliphatic rings. The van der Waals surface area contributed by atoms with Crippen molar-refractivity contribution in [2.75, 3.05) is 6.61 Å². The lowest BCUT2D eigenvalue weighted by molar-refractivity contribution is -0.104. The van der Waals surface area contributed by atoms with E-state index in [1.807, 2.05) is 6.07 Å². The highest BCUT2D eigenvalue weighted by Gasteiger charge is 2.23. The van der Waals surface area contributed by atoms with Gasteiger partial charge in [-0.05, 0) is 58.9 Å².